The highest BCUT2D eigenvalue weighted by Gasteiger charge is 2.16. The lowest BCUT2D eigenvalue weighted by molar-refractivity contribution is -0.139. The Balaban J connectivity index is 1.41. The van der Waals surface area contributed by atoms with Gasteiger partial charge >= 0.3 is 11.8 Å². The summed E-state index contributed by atoms with van der Waals surface area (Å²) in [5.41, 5.74) is 4.16. The van der Waals surface area contributed by atoms with E-state index in [-0.39, 0.29) is 18.6 Å². The van der Waals surface area contributed by atoms with Gasteiger partial charge in [0.25, 0.3) is 5.91 Å². The molecule has 0 saturated carbocycles. The van der Waals surface area contributed by atoms with Crippen LogP contribution in [0, 0.1) is 5.82 Å². The topological polar surface area (TPSA) is 109 Å². The fraction of sp³-hybridized carbons (Fsp3) is 0.120. The number of halogens is 1. The first-order valence-electron chi connectivity index (χ1n) is 10.4. The molecule has 8 nitrogen and oxygen atoms in total. The normalized spacial score (nSPS) is 11.5. The van der Waals surface area contributed by atoms with E-state index in [1.807, 2.05) is 30.3 Å². The van der Waals surface area contributed by atoms with Gasteiger partial charge < -0.3 is 15.4 Å². The Hall–Kier alpha value is -4.53. The van der Waals surface area contributed by atoms with Crippen LogP contribution in [0.25, 0.3) is 0 Å². The minimum atomic E-state index is -0.883. The Morgan fingerprint density at radius 3 is 2.29 bits per heavy atom. The summed E-state index contributed by atoms with van der Waals surface area (Å²) in [6.45, 7) is 1.55. The van der Waals surface area contributed by atoms with Crippen molar-refractivity contribution in [1.82, 2.24) is 10.7 Å². The Bertz CT molecular complexity index is 1150. The first-order valence-corrected chi connectivity index (χ1v) is 10.4. The van der Waals surface area contributed by atoms with Crippen molar-refractivity contribution >= 4 is 29.6 Å². The van der Waals surface area contributed by atoms with Crippen LogP contribution in [0.1, 0.15) is 24.1 Å². The predicted octanol–water partition coefficient (Wildman–Crippen LogP) is 3.17. The van der Waals surface area contributed by atoms with E-state index in [1.165, 1.54) is 30.5 Å². The minimum absolute atomic E-state index is 0.225. The quantitative estimate of drug-likeness (QED) is 0.271. The van der Waals surface area contributed by atoms with E-state index in [2.05, 4.69) is 21.2 Å². The van der Waals surface area contributed by atoms with Crippen LogP contribution in [0.3, 0.4) is 0 Å². The summed E-state index contributed by atoms with van der Waals surface area (Å²) in [5.74, 6) is -2.01. The third kappa shape index (κ3) is 7.56. The van der Waals surface area contributed by atoms with E-state index in [0.29, 0.717) is 17.0 Å². The third-order valence-electron chi connectivity index (χ3n) is 4.61. The highest BCUT2D eigenvalue weighted by Crippen LogP contribution is 2.13. The maximum atomic E-state index is 12.9. The lowest BCUT2D eigenvalue weighted by atomic mass is 10.1. The largest absolute Gasteiger partial charge is 0.484 e. The van der Waals surface area contributed by atoms with E-state index < -0.39 is 17.6 Å². The van der Waals surface area contributed by atoms with Crippen LogP contribution in [-0.2, 0) is 14.4 Å². The second-order valence-electron chi connectivity index (χ2n) is 7.22. The van der Waals surface area contributed by atoms with Crippen molar-refractivity contribution < 1.29 is 23.5 Å². The number of amides is 3. The van der Waals surface area contributed by atoms with E-state index in [9.17, 15) is 18.8 Å². The average molecular weight is 462 g/mol. The predicted molar refractivity (Wildman–Crippen MR) is 126 cm³/mol. The lowest BCUT2D eigenvalue weighted by Crippen LogP contribution is -2.39. The van der Waals surface area contributed by atoms with Crippen LogP contribution in [0.15, 0.2) is 84.0 Å². The zero-order chi connectivity index (χ0) is 24.3. The monoisotopic (exact) mass is 462 g/mol. The fourth-order valence-corrected chi connectivity index (χ4v) is 2.83. The van der Waals surface area contributed by atoms with Crippen LogP contribution in [0.2, 0.25) is 0 Å². The number of carbonyl (C=O) groups is 3. The number of anilines is 1. The molecule has 0 aromatic heterocycles. The number of benzene rings is 3. The van der Waals surface area contributed by atoms with Crippen LogP contribution < -0.4 is 20.8 Å². The summed E-state index contributed by atoms with van der Waals surface area (Å²) in [6, 6.07) is 20.9. The molecule has 9 heteroatoms. The Labute approximate surface area is 195 Å². The molecule has 0 bridgehead atoms. The molecule has 1 atom stereocenters. The Morgan fingerprint density at radius 1 is 0.941 bits per heavy atom. The average Bonchev–Trinajstić information content (AvgIpc) is 2.85. The van der Waals surface area contributed by atoms with Gasteiger partial charge in [-0.15, -0.1) is 0 Å². The van der Waals surface area contributed by atoms with E-state index in [0.717, 1.165) is 5.56 Å². The molecule has 3 rings (SSSR count). The van der Waals surface area contributed by atoms with Crippen molar-refractivity contribution in [2.24, 2.45) is 5.10 Å². The van der Waals surface area contributed by atoms with E-state index in [1.54, 1.807) is 31.2 Å². The summed E-state index contributed by atoms with van der Waals surface area (Å²) >= 11 is 0. The highest BCUT2D eigenvalue weighted by atomic mass is 19.1. The molecule has 0 aliphatic heterocycles. The number of nitrogens with one attached hydrogen (secondary N) is 3. The van der Waals surface area contributed by atoms with Gasteiger partial charge in [0, 0.05) is 5.69 Å². The molecule has 34 heavy (non-hydrogen) atoms. The van der Waals surface area contributed by atoms with Gasteiger partial charge in [-0.2, -0.15) is 5.10 Å². The van der Waals surface area contributed by atoms with Gasteiger partial charge in [0.1, 0.15) is 11.6 Å². The second-order valence-corrected chi connectivity index (χ2v) is 7.22. The zero-order valence-corrected chi connectivity index (χ0v) is 18.3. The summed E-state index contributed by atoms with van der Waals surface area (Å²) in [6.07, 6.45) is 1.37. The first kappa shape index (κ1) is 24.1. The van der Waals surface area contributed by atoms with Gasteiger partial charge in [-0.05, 0) is 66.6 Å². The molecule has 3 aromatic rings. The van der Waals surface area contributed by atoms with Crippen molar-refractivity contribution in [2.45, 2.75) is 13.0 Å². The molecule has 3 aromatic carbocycles. The molecule has 0 radical (unpaired) electrons. The van der Waals surface area contributed by atoms with E-state index in [4.69, 9.17) is 4.74 Å². The molecule has 3 N–H and O–H groups in total. The van der Waals surface area contributed by atoms with Gasteiger partial charge in [-0.3, -0.25) is 14.4 Å². The molecule has 3 amide bonds. The van der Waals surface area contributed by atoms with Crippen LogP contribution in [-0.4, -0.2) is 30.5 Å². The maximum absolute atomic E-state index is 12.9. The molecular weight excluding hydrogens is 439 g/mol. The Morgan fingerprint density at radius 2 is 1.62 bits per heavy atom. The van der Waals surface area contributed by atoms with Crippen molar-refractivity contribution in [2.75, 3.05) is 11.9 Å². The molecular formula is C25H23FN4O4. The SMILES string of the molecule is C[C@H](NC(=O)C(=O)N/N=C\c1ccc(OCC(=O)Nc2ccc(F)cc2)cc1)c1ccccc1. The molecule has 0 unspecified atom stereocenters. The van der Waals surface area contributed by atoms with Gasteiger partial charge in [0.15, 0.2) is 6.61 Å². The van der Waals surface area contributed by atoms with Crippen molar-refractivity contribution in [3.63, 3.8) is 0 Å². The zero-order valence-electron chi connectivity index (χ0n) is 18.3. The molecule has 0 heterocycles. The summed E-state index contributed by atoms with van der Waals surface area (Å²) < 4.78 is 18.3. The number of ether oxygens (including phenoxy) is 1. The van der Waals surface area contributed by atoms with Crippen LogP contribution in [0.5, 0.6) is 5.75 Å². The van der Waals surface area contributed by atoms with Crippen molar-refractivity contribution in [3.05, 3.63) is 95.8 Å². The number of hydrogen-bond donors (Lipinski definition) is 3. The Kier molecular flexibility index (Phi) is 8.45. The molecule has 0 saturated heterocycles. The lowest BCUT2D eigenvalue weighted by Gasteiger charge is -2.13. The number of carbonyl (C=O) groups excluding carboxylic acids is 3. The highest BCUT2D eigenvalue weighted by molar-refractivity contribution is 6.35. The molecule has 0 fully saturated rings. The van der Waals surface area contributed by atoms with E-state index >= 15 is 0 Å². The summed E-state index contributed by atoms with van der Waals surface area (Å²) in [4.78, 5) is 35.9. The fourth-order valence-electron chi connectivity index (χ4n) is 2.83. The standard InChI is InChI=1S/C25H23FN4O4/c1-17(19-5-3-2-4-6-19)28-24(32)25(33)30-27-15-18-7-13-22(14-8-18)34-16-23(31)29-21-11-9-20(26)10-12-21/h2-15,17H,16H2,1H3,(H,28,32)(H,29,31)(H,30,33)/b27-15-/t17-/m0/s1. The summed E-state index contributed by atoms with van der Waals surface area (Å²) in [7, 11) is 0. The third-order valence-corrected chi connectivity index (χ3v) is 4.61. The van der Waals surface area contributed by atoms with Crippen molar-refractivity contribution in [1.29, 1.82) is 0 Å². The van der Waals surface area contributed by atoms with Gasteiger partial charge in [-0.1, -0.05) is 30.3 Å². The van der Waals surface area contributed by atoms with Gasteiger partial charge in [0.05, 0.1) is 12.3 Å². The number of nitrogens with zero attached hydrogens (tertiary/aromatic N) is 1. The molecule has 174 valence electrons. The molecule has 0 aliphatic rings. The first-order chi connectivity index (χ1) is 16.4. The van der Waals surface area contributed by atoms with Gasteiger partial charge in [-0.25, -0.2) is 9.82 Å². The molecule has 0 aliphatic carbocycles. The second kappa shape index (κ2) is 11.9. The van der Waals surface area contributed by atoms with Crippen LogP contribution >= 0.6 is 0 Å². The smallest absolute Gasteiger partial charge is 0.329 e. The molecule has 0 spiro atoms. The summed E-state index contributed by atoms with van der Waals surface area (Å²) in [5, 5.41) is 8.98. The van der Waals surface area contributed by atoms with Crippen molar-refractivity contribution in [3.8, 4) is 5.75 Å². The minimum Gasteiger partial charge on any atom is -0.484 e. The number of hydrazone groups is 1. The number of rotatable bonds is 8. The van der Waals surface area contributed by atoms with Gasteiger partial charge in [0.2, 0.25) is 0 Å². The number of hydrogen-bond acceptors (Lipinski definition) is 5. The van der Waals surface area contributed by atoms with Crippen LogP contribution in [0.4, 0.5) is 10.1 Å². The maximum Gasteiger partial charge on any atom is 0.329 e.